The average molecular weight is 464 g/mol. The van der Waals surface area contributed by atoms with Crippen molar-refractivity contribution in [2.24, 2.45) is 10.8 Å². The minimum Gasteiger partial charge on any atom is -0.504 e. The molecule has 2 bridgehead atoms. The first kappa shape index (κ1) is 22.4. The molecule has 0 radical (unpaired) electrons. The summed E-state index contributed by atoms with van der Waals surface area (Å²) in [6.45, 7) is 6.93. The number of likely N-dealkylation sites (N-methyl/N-ethyl adjacent to an activating group) is 1. The second kappa shape index (κ2) is 7.71. The number of phenolic OH excluding ortho intramolecular Hbond substituents is 1. The lowest BCUT2D eigenvalue weighted by Gasteiger charge is -2.69. The van der Waals surface area contributed by atoms with Crippen molar-refractivity contribution in [2.75, 3.05) is 27.3 Å². The Hall–Kier alpha value is -2.08. The van der Waals surface area contributed by atoms with Gasteiger partial charge in [-0.15, -0.1) is 0 Å². The van der Waals surface area contributed by atoms with Gasteiger partial charge in [0.1, 0.15) is 12.2 Å². The number of hydrogen-bond donors (Lipinski definition) is 1. The van der Waals surface area contributed by atoms with Gasteiger partial charge in [0.25, 0.3) is 0 Å². The molecular formula is C29H37NO4. The van der Waals surface area contributed by atoms with Crippen molar-refractivity contribution in [3.05, 3.63) is 59.2 Å². The van der Waals surface area contributed by atoms with Crippen molar-refractivity contribution >= 4 is 0 Å². The van der Waals surface area contributed by atoms with Crippen LogP contribution < -0.4 is 4.74 Å². The average Bonchev–Trinajstić information content (AvgIpc) is 3.18. The minimum atomic E-state index is -0.209. The van der Waals surface area contributed by atoms with Crippen LogP contribution in [0.1, 0.15) is 49.8 Å². The van der Waals surface area contributed by atoms with Crippen molar-refractivity contribution in [1.29, 1.82) is 0 Å². The molecule has 1 saturated carbocycles. The SMILES string of the molecule is CC[C@@]12C[C@](C)(COCc3ccccc3)C(OC)[C@H]3Oc4c(O)ccc5c4[C@]31CCN(C)[C@H]2C5. The van der Waals surface area contributed by atoms with E-state index >= 15 is 0 Å². The quantitative estimate of drug-likeness (QED) is 0.674. The summed E-state index contributed by atoms with van der Waals surface area (Å²) in [5, 5.41) is 10.9. The fourth-order valence-corrected chi connectivity index (χ4v) is 8.57. The zero-order chi connectivity index (χ0) is 23.7. The number of ether oxygens (including phenoxy) is 3. The van der Waals surface area contributed by atoms with Crippen molar-refractivity contribution < 1.29 is 19.3 Å². The second-order valence-electron chi connectivity index (χ2n) is 11.4. The Morgan fingerprint density at radius 2 is 1.97 bits per heavy atom. The molecule has 5 heteroatoms. The summed E-state index contributed by atoms with van der Waals surface area (Å²) < 4.78 is 19.5. The summed E-state index contributed by atoms with van der Waals surface area (Å²) in [6.07, 6.45) is 3.88. The number of aromatic hydroxyl groups is 1. The molecule has 1 saturated heterocycles. The predicted molar refractivity (Wildman–Crippen MR) is 131 cm³/mol. The maximum Gasteiger partial charge on any atom is 0.165 e. The summed E-state index contributed by atoms with van der Waals surface area (Å²) in [5.74, 6) is 0.974. The molecule has 2 aliphatic heterocycles. The molecule has 1 spiro atoms. The summed E-state index contributed by atoms with van der Waals surface area (Å²) >= 11 is 0. The van der Waals surface area contributed by atoms with E-state index in [1.165, 1.54) is 16.7 Å². The molecule has 2 aliphatic carbocycles. The van der Waals surface area contributed by atoms with Crippen molar-refractivity contribution in [3.8, 4) is 11.5 Å². The van der Waals surface area contributed by atoms with Crippen LogP contribution in [0.4, 0.5) is 0 Å². The van der Waals surface area contributed by atoms with Gasteiger partial charge in [-0.2, -0.15) is 0 Å². The molecule has 2 aromatic rings. The van der Waals surface area contributed by atoms with Crippen LogP contribution >= 0.6 is 0 Å². The fraction of sp³-hybridized carbons (Fsp3) is 0.586. The van der Waals surface area contributed by atoms with Crippen LogP contribution in [0.3, 0.4) is 0 Å². The highest BCUT2D eigenvalue weighted by Gasteiger charge is 2.75. The van der Waals surface area contributed by atoms with Crippen LogP contribution in [-0.2, 0) is 27.9 Å². The van der Waals surface area contributed by atoms with Gasteiger partial charge in [-0.3, -0.25) is 0 Å². The van der Waals surface area contributed by atoms with Gasteiger partial charge in [0.15, 0.2) is 11.5 Å². The van der Waals surface area contributed by atoms with Crippen LogP contribution in [0, 0.1) is 10.8 Å². The molecule has 2 heterocycles. The van der Waals surface area contributed by atoms with Crippen LogP contribution in [0.2, 0.25) is 0 Å². The zero-order valence-corrected chi connectivity index (χ0v) is 20.8. The van der Waals surface area contributed by atoms with E-state index in [0.717, 1.165) is 32.2 Å². The molecule has 5 nitrogen and oxygen atoms in total. The van der Waals surface area contributed by atoms with Gasteiger partial charge in [0.2, 0.25) is 0 Å². The first-order valence-electron chi connectivity index (χ1n) is 12.8. The number of piperidine rings is 1. The van der Waals surface area contributed by atoms with Gasteiger partial charge < -0.3 is 24.2 Å². The van der Waals surface area contributed by atoms with Crippen LogP contribution in [0.15, 0.2) is 42.5 Å². The van der Waals surface area contributed by atoms with Crippen LogP contribution in [-0.4, -0.2) is 55.6 Å². The highest BCUT2D eigenvalue weighted by molar-refractivity contribution is 5.62. The third-order valence-electron chi connectivity index (χ3n) is 9.84. The number of rotatable bonds is 6. The number of hydrogen-bond acceptors (Lipinski definition) is 5. The van der Waals surface area contributed by atoms with Gasteiger partial charge >= 0.3 is 0 Å². The maximum atomic E-state index is 10.9. The number of nitrogens with zero attached hydrogens (tertiary/aromatic N) is 1. The molecule has 2 fully saturated rings. The molecular weight excluding hydrogens is 426 g/mol. The molecule has 0 aromatic heterocycles. The largest absolute Gasteiger partial charge is 0.504 e. The van der Waals surface area contributed by atoms with Gasteiger partial charge in [-0.1, -0.05) is 50.2 Å². The normalized spacial score (nSPS) is 37.8. The first-order valence-corrected chi connectivity index (χ1v) is 12.8. The predicted octanol–water partition coefficient (Wildman–Crippen LogP) is 4.69. The van der Waals surface area contributed by atoms with E-state index in [2.05, 4.69) is 56.1 Å². The number of phenols is 1. The monoisotopic (exact) mass is 463 g/mol. The van der Waals surface area contributed by atoms with Gasteiger partial charge in [-0.05, 0) is 56.5 Å². The smallest absolute Gasteiger partial charge is 0.165 e. The molecule has 1 unspecified atom stereocenters. The molecule has 182 valence electrons. The molecule has 4 aliphatic rings. The third kappa shape index (κ3) is 2.72. The first-order chi connectivity index (χ1) is 16.4. The summed E-state index contributed by atoms with van der Waals surface area (Å²) in [6, 6.07) is 14.8. The topological polar surface area (TPSA) is 51.2 Å². The lowest BCUT2D eigenvalue weighted by Crippen LogP contribution is -2.76. The van der Waals surface area contributed by atoms with Crippen molar-refractivity contribution in [1.82, 2.24) is 4.90 Å². The Balaban J connectivity index is 1.45. The number of benzene rings is 2. The molecule has 6 rings (SSSR count). The molecule has 1 N–H and O–H groups in total. The summed E-state index contributed by atoms with van der Waals surface area (Å²) in [5.41, 5.74) is 3.49. The van der Waals surface area contributed by atoms with Crippen LogP contribution in [0.25, 0.3) is 0 Å². The maximum absolute atomic E-state index is 10.9. The van der Waals surface area contributed by atoms with E-state index in [9.17, 15) is 5.11 Å². The number of methoxy groups -OCH3 is 1. The Kier molecular flexibility index (Phi) is 5.08. The summed E-state index contributed by atoms with van der Waals surface area (Å²) in [7, 11) is 4.11. The molecule has 0 amide bonds. The summed E-state index contributed by atoms with van der Waals surface area (Å²) in [4.78, 5) is 2.58. The van der Waals surface area contributed by atoms with Crippen molar-refractivity contribution in [3.63, 3.8) is 0 Å². The molecule has 2 aromatic carbocycles. The molecule has 6 atom stereocenters. The highest BCUT2D eigenvalue weighted by Crippen LogP contribution is 2.72. The van der Waals surface area contributed by atoms with Gasteiger partial charge in [0.05, 0.1) is 13.2 Å². The van der Waals surface area contributed by atoms with Crippen molar-refractivity contribution in [2.45, 2.75) is 69.8 Å². The lowest BCUT2D eigenvalue weighted by atomic mass is 9.39. The number of likely N-dealkylation sites (tertiary alicyclic amines) is 1. The van der Waals surface area contributed by atoms with E-state index in [1.54, 1.807) is 0 Å². The Morgan fingerprint density at radius 3 is 2.71 bits per heavy atom. The van der Waals surface area contributed by atoms with E-state index in [-0.39, 0.29) is 34.2 Å². The van der Waals surface area contributed by atoms with E-state index in [1.807, 2.05) is 19.2 Å². The van der Waals surface area contributed by atoms with E-state index in [4.69, 9.17) is 14.2 Å². The van der Waals surface area contributed by atoms with E-state index in [0.29, 0.717) is 25.0 Å². The lowest BCUT2D eigenvalue weighted by molar-refractivity contribution is -0.226. The Labute approximate surface area is 203 Å². The zero-order valence-electron chi connectivity index (χ0n) is 20.8. The van der Waals surface area contributed by atoms with Crippen LogP contribution in [0.5, 0.6) is 11.5 Å². The van der Waals surface area contributed by atoms with Gasteiger partial charge in [-0.25, -0.2) is 0 Å². The Bertz CT molecular complexity index is 1090. The minimum absolute atomic E-state index is 0.0383. The van der Waals surface area contributed by atoms with E-state index < -0.39 is 0 Å². The highest BCUT2D eigenvalue weighted by atomic mass is 16.5. The third-order valence-corrected chi connectivity index (χ3v) is 9.84. The second-order valence-corrected chi connectivity index (χ2v) is 11.4. The standard InChI is InChI=1S/C29H37NO4/c1-5-28-17-27(2,18-33-16-19-9-7-6-8-10-19)25(32-4)26-29(28)13-14-30(3)22(28)15-20-11-12-21(31)24(34-26)23(20)29/h6-12,22,25-26,31H,5,13-18H2,1-4H3/t22-,25?,26+,27+,28-,29+/m0/s1. The van der Waals surface area contributed by atoms with Gasteiger partial charge in [0, 0.05) is 35.0 Å². The molecule has 34 heavy (non-hydrogen) atoms. The Morgan fingerprint density at radius 1 is 1.18 bits per heavy atom. The fourth-order valence-electron chi connectivity index (χ4n) is 8.57.